The van der Waals surface area contributed by atoms with Gasteiger partial charge in [0.2, 0.25) is 0 Å². The normalized spacial score (nSPS) is 12.2. The number of carbonyl (C=O) groups is 1. The molecule has 0 aromatic heterocycles. The highest BCUT2D eigenvalue weighted by Crippen LogP contribution is 2.25. The molecule has 2 aromatic rings. The SMILES string of the molecule is CC(=O)c1cccc(-c2cccc(C(O)CCN)c2)c1. The molecular formula is C17H19NO2. The molecule has 0 bridgehead atoms. The Morgan fingerprint density at radius 1 is 1.15 bits per heavy atom. The number of aliphatic hydroxyl groups excluding tert-OH is 1. The molecule has 0 amide bonds. The van der Waals surface area contributed by atoms with Gasteiger partial charge in [0.05, 0.1) is 6.10 Å². The Morgan fingerprint density at radius 3 is 2.45 bits per heavy atom. The Morgan fingerprint density at radius 2 is 1.80 bits per heavy atom. The number of hydrogen-bond acceptors (Lipinski definition) is 3. The largest absolute Gasteiger partial charge is 0.388 e. The molecule has 104 valence electrons. The van der Waals surface area contributed by atoms with E-state index >= 15 is 0 Å². The molecule has 20 heavy (non-hydrogen) atoms. The van der Waals surface area contributed by atoms with E-state index < -0.39 is 6.10 Å². The third kappa shape index (κ3) is 3.32. The van der Waals surface area contributed by atoms with E-state index in [9.17, 15) is 9.90 Å². The van der Waals surface area contributed by atoms with E-state index in [2.05, 4.69) is 0 Å². The molecule has 2 rings (SSSR count). The third-order valence-electron chi connectivity index (χ3n) is 3.31. The van der Waals surface area contributed by atoms with Crippen molar-refractivity contribution in [2.24, 2.45) is 5.73 Å². The first-order valence-electron chi connectivity index (χ1n) is 6.71. The highest BCUT2D eigenvalue weighted by Gasteiger charge is 2.08. The quantitative estimate of drug-likeness (QED) is 0.820. The van der Waals surface area contributed by atoms with Gasteiger partial charge in [-0.25, -0.2) is 0 Å². The smallest absolute Gasteiger partial charge is 0.159 e. The summed E-state index contributed by atoms with van der Waals surface area (Å²) in [6.07, 6.45) is -0.00680. The van der Waals surface area contributed by atoms with Gasteiger partial charge in [-0.3, -0.25) is 4.79 Å². The number of rotatable bonds is 5. The Labute approximate surface area is 119 Å². The van der Waals surface area contributed by atoms with Crippen molar-refractivity contribution >= 4 is 5.78 Å². The Hall–Kier alpha value is -1.97. The topological polar surface area (TPSA) is 63.3 Å². The van der Waals surface area contributed by atoms with E-state index in [4.69, 9.17) is 5.73 Å². The number of benzene rings is 2. The molecule has 1 unspecified atom stereocenters. The minimum Gasteiger partial charge on any atom is -0.388 e. The summed E-state index contributed by atoms with van der Waals surface area (Å²) in [4.78, 5) is 11.4. The van der Waals surface area contributed by atoms with Gasteiger partial charge in [-0.2, -0.15) is 0 Å². The van der Waals surface area contributed by atoms with Gasteiger partial charge in [0.15, 0.2) is 5.78 Å². The molecule has 3 heteroatoms. The van der Waals surface area contributed by atoms with Gasteiger partial charge in [0, 0.05) is 5.56 Å². The molecular weight excluding hydrogens is 250 g/mol. The second kappa shape index (κ2) is 6.46. The average Bonchev–Trinajstić information content (AvgIpc) is 2.48. The maximum absolute atomic E-state index is 11.4. The van der Waals surface area contributed by atoms with E-state index in [0.29, 0.717) is 18.5 Å². The molecule has 3 nitrogen and oxygen atoms in total. The number of nitrogens with two attached hydrogens (primary N) is 1. The maximum Gasteiger partial charge on any atom is 0.159 e. The lowest BCUT2D eigenvalue weighted by Gasteiger charge is -2.11. The molecule has 0 spiro atoms. The van der Waals surface area contributed by atoms with E-state index in [-0.39, 0.29) is 5.78 Å². The van der Waals surface area contributed by atoms with Crippen LogP contribution in [0.2, 0.25) is 0 Å². The summed E-state index contributed by atoms with van der Waals surface area (Å²) in [5.74, 6) is 0.0474. The minimum absolute atomic E-state index is 0.0474. The Kier molecular flexibility index (Phi) is 4.66. The van der Waals surface area contributed by atoms with Crippen LogP contribution in [0, 0.1) is 0 Å². The van der Waals surface area contributed by atoms with Crippen molar-refractivity contribution < 1.29 is 9.90 Å². The zero-order valence-electron chi connectivity index (χ0n) is 11.5. The molecule has 0 saturated heterocycles. The van der Waals surface area contributed by atoms with Gasteiger partial charge in [-0.1, -0.05) is 36.4 Å². The molecule has 0 aliphatic carbocycles. The van der Waals surface area contributed by atoms with Crippen LogP contribution in [0.25, 0.3) is 11.1 Å². The zero-order valence-corrected chi connectivity index (χ0v) is 11.5. The van der Waals surface area contributed by atoms with Crippen LogP contribution in [0.5, 0.6) is 0 Å². The van der Waals surface area contributed by atoms with Crippen LogP contribution in [0.1, 0.15) is 35.4 Å². The Bertz CT molecular complexity index is 607. The summed E-state index contributed by atoms with van der Waals surface area (Å²) in [5.41, 5.74) is 8.97. The molecule has 0 aliphatic heterocycles. The van der Waals surface area contributed by atoms with Gasteiger partial charge < -0.3 is 10.8 Å². The minimum atomic E-state index is -0.545. The van der Waals surface area contributed by atoms with Crippen LogP contribution < -0.4 is 5.73 Å². The first-order chi connectivity index (χ1) is 9.61. The summed E-state index contributed by atoms with van der Waals surface area (Å²) in [6.45, 7) is 2.01. The molecule has 3 N–H and O–H groups in total. The van der Waals surface area contributed by atoms with Crippen LogP contribution in [0.4, 0.5) is 0 Å². The van der Waals surface area contributed by atoms with Gasteiger partial charge in [0.1, 0.15) is 0 Å². The van der Waals surface area contributed by atoms with E-state index in [1.54, 1.807) is 13.0 Å². The number of ketones is 1. The molecule has 0 radical (unpaired) electrons. The first-order valence-corrected chi connectivity index (χ1v) is 6.71. The monoisotopic (exact) mass is 269 g/mol. The highest BCUT2D eigenvalue weighted by molar-refractivity contribution is 5.95. The van der Waals surface area contributed by atoms with Gasteiger partial charge in [-0.05, 0) is 48.7 Å². The lowest BCUT2D eigenvalue weighted by atomic mass is 9.97. The number of Topliss-reactive ketones (excluding diaryl/α,β-unsaturated/α-hetero) is 1. The standard InChI is InChI=1S/C17H19NO2/c1-12(19)13-4-2-5-14(10-13)15-6-3-7-16(11-15)17(20)8-9-18/h2-7,10-11,17,20H,8-9,18H2,1H3. The first kappa shape index (κ1) is 14.4. The van der Waals surface area contributed by atoms with Crippen molar-refractivity contribution in [1.82, 2.24) is 0 Å². The summed E-state index contributed by atoms with van der Waals surface area (Å²) >= 11 is 0. The Balaban J connectivity index is 2.35. The fraction of sp³-hybridized carbons (Fsp3) is 0.235. The van der Waals surface area contributed by atoms with Crippen molar-refractivity contribution in [3.8, 4) is 11.1 Å². The molecule has 2 aromatic carbocycles. The second-order valence-corrected chi connectivity index (χ2v) is 4.86. The van der Waals surface area contributed by atoms with Gasteiger partial charge in [-0.15, -0.1) is 0 Å². The zero-order chi connectivity index (χ0) is 14.5. The van der Waals surface area contributed by atoms with Crippen molar-refractivity contribution in [3.63, 3.8) is 0 Å². The van der Waals surface area contributed by atoms with Crippen LogP contribution in [0.3, 0.4) is 0 Å². The maximum atomic E-state index is 11.4. The molecule has 0 heterocycles. The van der Waals surface area contributed by atoms with Crippen molar-refractivity contribution in [3.05, 3.63) is 59.7 Å². The summed E-state index contributed by atoms with van der Waals surface area (Å²) in [6, 6.07) is 15.2. The van der Waals surface area contributed by atoms with Crippen LogP contribution in [0.15, 0.2) is 48.5 Å². The summed E-state index contributed by atoms with van der Waals surface area (Å²) in [7, 11) is 0. The summed E-state index contributed by atoms with van der Waals surface area (Å²) in [5, 5.41) is 10.0. The lowest BCUT2D eigenvalue weighted by molar-refractivity contribution is 0.101. The van der Waals surface area contributed by atoms with E-state index in [0.717, 1.165) is 16.7 Å². The van der Waals surface area contributed by atoms with E-state index in [1.807, 2.05) is 42.5 Å². The number of carbonyl (C=O) groups excluding carboxylic acids is 1. The van der Waals surface area contributed by atoms with Crippen molar-refractivity contribution in [2.45, 2.75) is 19.4 Å². The number of aliphatic hydroxyl groups is 1. The predicted molar refractivity (Wildman–Crippen MR) is 80.5 cm³/mol. The fourth-order valence-electron chi connectivity index (χ4n) is 2.17. The fourth-order valence-corrected chi connectivity index (χ4v) is 2.17. The van der Waals surface area contributed by atoms with Crippen LogP contribution in [-0.4, -0.2) is 17.4 Å². The third-order valence-corrected chi connectivity index (χ3v) is 3.31. The van der Waals surface area contributed by atoms with E-state index in [1.165, 1.54) is 0 Å². The van der Waals surface area contributed by atoms with Crippen molar-refractivity contribution in [2.75, 3.05) is 6.54 Å². The average molecular weight is 269 g/mol. The molecule has 1 atom stereocenters. The van der Waals surface area contributed by atoms with Crippen LogP contribution in [-0.2, 0) is 0 Å². The summed E-state index contributed by atoms with van der Waals surface area (Å²) < 4.78 is 0. The molecule has 0 saturated carbocycles. The van der Waals surface area contributed by atoms with Crippen LogP contribution >= 0.6 is 0 Å². The van der Waals surface area contributed by atoms with Gasteiger partial charge in [0.25, 0.3) is 0 Å². The lowest BCUT2D eigenvalue weighted by Crippen LogP contribution is -2.06. The highest BCUT2D eigenvalue weighted by atomic mass is 16.3. The van der Waals surface area contributed by atoms with Crippen molar-refractivity contribution in [1.29, 1.82) is 0 Å². The second-order valence-electron chi connectivity index (χ2n) is 4.86. The number of hydrogen-bond donors (Lipinski definition) is 2. The predicted octanol–water partition coefficient (Wildman–Crippen LogP) is 2.94. The van der Waals surface area contributed by atoms with Gasteiger partial charge >= 0.3 is 0 Å². The molecule has 0 aliphatic rings. The molecule has 0 fully saturated rings.